The number of ether oxygens (including phenoxy) is 1. The van der Waals surface area contributed by atoms with Gasteiger partial charge in [-0.25, -0.2) is 4.79 Å². The van der Waals surface area contributed by atoms with Crippen LogP contribution in [0.3, 0.4) is 0 Å². The van der Waals surface area contributed by atoms with Gasteiger partial charge in [-0.2, -0.15) is 0 Å². The maximum Gasteiger partial charge on any atom is 0.314 e. The molecule has 2 amide bonds. The van der Waals surface area contributed by atoms with Crippen LogP contribution in [0.5, 0.6) is 5.75 Å². The molecule has 0 fully saturated rings. The lowest BCUT2D eigenvalue weighted by Crippen LogP contribution is -2.38. The van der Waals surface area contributed by atoms with Gasteiger partial charge < -0.3 is 15.4 Å². The summed E-state index contributed by atoms with van der Waals surface area (Å²) in [6, 6.07) is 12.8. The quantitative estimate of drug-likeness (QED) is 0.720. The molecular weight excluding hydrogens is 347 g/mol. The molecule has 0 aliphatic heterocycles. The smallest absolute Gasteiger partial charge is 0.314 e. The first-order valence-corrected chi connectivity index (χ1v) is 8.45. The standard InChI is InChI=1S/C18H20Cl2N2O2/c1-13-11-16(20)5-6-17(13)24-10-9-22-18(23)21-8-7-14-3-2-4-15(19)12-14/h2-6,11-12H,7-10H2,1H3,(H2,21,22,23). The fraction of sp³-hybridized carbons (Fsp3) is 0.278. The van der Waals surface area contributed by atoms with Gasteiger partial charge in [-0.1, -0.05) is 35.3 Å². The van der Waals surface area contributed by atoms with Crippen molar-refractivity contribution in [3.8, 4) is 5.75 Å². The lowest BCUT2D eigenvalue weighted by molar-refractivity contribution is 0.236. The van der Waals surface area contributed by atoms with E-state index >= 15 is 0 Å². The van der Waals surface area contributed by atoms with Crippen LogP contribution >= 0.6 is 23.2 Å². The Morgan fingerprint density at radius 1 is 1.04 bits per heavy atom. The average Bonchev–Trinajstić information content (AvgIpc) is 2.53. The predicted molar refractivity (Wildman–Crippen MR) is 98.2 cm³/mol. The van der Waals surface area contributed by atoms with Crippen molar-refractivity contribution in [3.05, 3.63) is 63.6 Å². The molecule has 2 N–H and O–H groups in total. The normalized spacial score (nSPS) is 10.3. The second-order valence-electron chi connectivity index (χ2n) is 5.32. The number of aryl methyl sites for hydroxylation is 1. The average molecular weight is 367 g/mol. The highest BCUT2D eigenvalue weighted by molar-refractivity contribution is 6.30. The Bertz CT molecular complexity index is 692. The van der Waals surface area contributed by atoms with Crippen molar-refractivity contribution in [1.29, 1.82) is 0 Å². The molecule has 0 unspecified atom stereocenters. The van der Waals surface area contributed by atoms with E-state index in [0.717, 1.165) is 23.3 Å². The van der Waals surface area contributed by atoms with Gasteiger partial charge in [0.25, 0.3) is 0 Å². The Hall–Kier alpha value is -1.91. The molecule has 2 aromatic carbocycles. The van der Waals surface area contributed by atoms with Gasteiger partial charge in [-0.05, 0) is 54.8 Å². The molecule has 0 bridgehead atoms. The molecule has 6 heteroatoms. The molecule has 2 aromatic rings. The summed E-state index contributed by atoms with van der Waals surface area (Å²) in [7, 11) is 0. The van der Waals surface area contributed by atoms with Crippen molar-refractivity contribution >= 4 is 29.2 Å². The van der Waals surface area contributed by atoms with E-state index < -0.39 is 0 Å². The van der Waals surface area contributed by atoms with Gasteiger partial charge in [0.1, 0.15) is 12.4 Å². The fourth-order valence-electron chi connectivity index (χ4n) is 2.18. The van der Waals surface area contributed by atoms with Crippen LogP contribution in [-0.4, -0.2) is 25.7 Å². The number of amides is 2. The zero-order chi connectivity index (χ0) is 17.4. The topological polar surface area (TPSA) is 50.4 Å². The van der Waals surface area contributed by atoms with Gasteiger partial charge in [0, 0.05) is 16.6 Å². The highest BCUT2D eigenvalue weighted by Gasteiger charge is 2.02. The van der Waals surface area contributed by atoms with E-state index in [1.807, 2.05) is 43.3 Å². The summed E-state index contributed by atoms with van der Waals surface area (Å²) in [6.45, 7) is 3.29. The number of urea groups is 1. The minimum atomic E-state index is -0.214. The van der Waals surface area contributed by atoms with Crippen LogP contribution in [0.2, 0.25) is 10.0 Å². The van der Waals surface area contributed by atoms with Gasteiger partial charge in [0.2, 0.25) is 0 Å². The van der Waals surface area contributed by atoms with E-state index in [1.54, 1.807) is 6.07 Å². The number of benzene rings is 2. The molecule has 128 valence electrons. The first kappa shape index (κ1) is 18.4. The molecule has 24 heavy (non-hydrogen) atoms. The van der Waals surface area contributed by atoms with Crippen LogP contribution in [0.1, 0.15) is 11.1 Å². The van der Waals surface area contributed by atoms with Crippen molar-refractivity contribution in [2.45, 2.75) is 13.3 Å². The van der Waals surface area contributed by atoms with Crippen LogP contribution in [0.15, 0.2) is 42.5 Å². The highest BCUT2D eigenvalue weighted by atomic mass is 35.5. The molecule has 0 saturated heterocycles. The van der Waals surface area contributed by atoms with Gasteiger partial charge in [0.15, 0.2) is 0 Å². The van der Waals surface area contributed by atoms with E-state index in [2.05, 4.69) is 10.6 Å². The molecule has 0 aliphatic rings. The first-order valence-electron chi connectivity index (χ1n) is 7.69. The third kappa shape index (κ3) is 6.30. The summed E-state index contributed by atoms with van der Waals surface area (Å²) >= 11 is 11.8. The summed E-state index contributed by atoms with van der Waals surface area (Å²) in [5.41, 5.74) is 2.05. The number of nitrogens with one attached hydrogen (secondary N) is 2. The third-order valence-electron chi connectivity index (χ3n) is 3.37. The Balaban J connectivity index is 1.61. The molecule has 0 heterocycles. The van der Waals surface area contributed by atoms with Crippen LogP contribution < -0.4 is 15.4 Å². The maximum atomic E-state index is 11.7. The molecule has 0 aliphatic carbocycles. The summed E-state index contributed by atoms with van der Waals surface area (Å²) in [4.78, 5) is 11.7. The number of carbonyl (C=O) groups is 1. The summed E-state index contributed by atoms with van der Waals surface area (Å²) in [5.74, 6) is 0.766. The second-order valence-corrected chi connectivity index (χ2v) is 6.19. The van der Waals surface area contributed by atoms with Crippen LogP contribution in [0.25, 0.3) is 0 Å². The number of hydrogen-bond acceptors (Lipinski definition) is 2. The second kappa shape index (κ2) is 9.40. The van der Waals surface area contributed by atoms with Crippen molar-refractivity contribution in [1.82, 2.24) is 10.6 Å². The molecule has 4 nitrogen and oxygen atoms in total. The maximum absolute atomic E-state index is 11.7. The first-order chi connectivity index (χ1) is 11.5. The Kier molecular flexibility index (Phi) is 7.22. The number of halogens is 2. The van der Waals surface area contributed by atoms with E-state index in [9.17, 15) is 4.79 Å². The Labute approximate surface area is 152 Å². The van der Waals surface area contributed by atoms with Crippen molar-refractivity contribution in [3.63, 3.8) is 0 Å². The predicted octanol–water partition coefficient (Wildman–Crippen LogP) is 4.22. The zero-order valence-electron chi connectivity index (χ0n) is 13.4. The van der Waals surface area contributed by atoms with Gasteiger partial charge in [-0.3, -0.25) is 0 Å². The minimum Gasteiger partial charge on any atom is -0.491 e. The Morgan fingerprint density at radius 2 is 1.79 bits per heavy atom. The summed E-state index contributed by atoms with van der Waals surface area (Å²) in [5, 5.41) is 6.93. The van der Waals surface area contributed by atoms with Gasteiger partial charge >= 0.3 is 6.03 Å². The number of rotatable bonds is 7. The monoisotopic (exact) mass is 366 g/mol. The fourth-order valence-corrected chi connectivity index (χ4v) is 2.62. The molecule has 0 radical (unpaired) electrons. The number of carbonyl (C=O) groups excluding carboxylic acids is 1. The van der Waals surface area contributed by atoms with Crippen molar-refractivity contribution in [2.75, 3.05) is 19.7 Å². The lowest BCUT2D eigenvalue weighted by atomic mass is 10.1. The molecule has 0 spiro atoms. The summed E-state index contributed by atoms with van der Waals surface area (Å²) < 4.78 is 5.61. The molecule has 0 atom stereocenters. The molecule has 2 rings (SSSR count). The van der Waals surface area contributed by atoms with Gasteiger partial charge in [0.05, 0.1) is 6.54 Å². The lowest BCUT2D eigenvalue weighted by Gasteiger charge is -2.11. The SMILES string of the molecule is Cc1cc(Cl)ccc1OCCNC(=O)NCCc1cccc(Cl)c1. The number of hydrogen-bond donors (Lipinski definition) is 2. The van der Waals surface area contributed by atoms with Crippen LogP contribution in [-0.2, 0) is 6.42 Å². The van der Waals surface area contributed by atoms with Crippen LogP contribution in [0.4, 0.5) is 4.79 Å². The Morgan fingerprint density at radius 3 is 2.54 bits per heavy atom. The summed E-state index contributed by atoms with van der Waals surface area (Å²) in [6.07, 6.45) is 0.731. The van der Waals surface area contributed by atoms with Crippen molar-refractivity contribution < 1.29 is 9.53 Å². The van der Waals surface area contributed by atoms with E-state index in [0.29, 0.717) is 29.7 Å². The van der Waals surface area contributed by atoms with Crippen LogP contribution in [0, 0.1) is 6.92 Å². The van der Waals surface area contributed by atoms with E-state index in [-0.39, 0.29) is 6.03 Å². The zero-order valence-corrected chi connectivity index (χ0v) is 15.0. The largest absolute Gasteiger partial charge is 0.491 e. The molecule has 0 aromatic heterocycles. The van der Waals surface area contributed by atoms with E-state index in [1.165, 1.54) is 0 Å². The minimum absolute atomic E-state index is 0.214. The molecule has 0 saturated carbocycles. The highest BCUT2D eigenvalue weighted by Crippen LogP contribution is 2.21. The van der Waals surface area contributed by atoms with Crippen molar-refractivity contribution in [2.24, 2.45) is 0 Å². The molecular formula is C18H20Cl2N2O2. The van der Waals surface area contributed by atoms with Gasteiger partial charge in [-0.15, -0.1) is 0 Å². The van der Waals surface area contributed by atoms with E-state index in [4.69, 9.17) is 27.9 Å². The third-order valence-corrected chi connectivity index (χ3v) is 3.84.